The summed E-state index contributed by atoms with van der Waals surface area (Å²) >= 11 is 11.8. The number of hydrogen-bond donors (Lipinski definition) is 1. The number of ether oxygens (including phenoxy) is 1. The lowest BCUT2D eigenvalue weighted by molar-refractivity contribution is -0.121. The molecule has 0 atom stereocenters. The van der Waals surface area contributed by atoms with Gasteiger partial charge in [0.25, 0.3) is 0 Å². The lowest BCUT2D eigenvalue weighted by atomic mass is 10.2. The molecule has 4 nitrogen and oxygen atoms in total. The van der Waals surface area contributed by atoms with Crippen LogP contribution in [0.3, 0.4) is 0 Å². The molecule has 0 spiro atoms. The normalized spacial score (nSPS) is 10.8. The summed E-state index contributed by atoms with van der Waals surface area (Å²) in [5.41, 5.74) is 2.64. The van der Waals surface area contributed by atoms with Crippen molar-refractivity contribution in [1.82, 2.24) is 5.43 Å². The summed E-state index contributed by atoms with van der Waals surface area (Å²) in [5.74, 6) is -0.170. The Bertz CT molecular complexity index is 738. The van der Waals surface area contributed by atoms with Crippen LogP contribution in [-0.2, 0) is 4.79 Å². The molecule has 2 rings (SSSR count). The van der Waals surface area contributed by atoms with Gasteiger partial charge in [-0.15, -0.1) is 0 Å². The van der Waals surface area contributed by atoms with Crippen molar-refractivity contribution in [3.8, 4) is 5.75 Å². The average molecular weight is 369 g/mol. The maximum Gasteiger partial charge on any atom is 0.240 e. The van der Waals surface area contributed by atoms with Crippen LogP contribution in [0.15, 0.2) is 47.6 Å². The summed E-state index contributed by atoms with van der Waals surface area (Å²) in [6, 6.07) is 11.1. The highest BCUT2D eigenvalue weighted by Crippen LogP contribution is 2.27. The molecular formula is C17H15Cl2FN2O2. The molecule has 0 saturated carbocycles. The molecule has 0 saturated heterocycles. The summed E-state index contributed by atoms with van der Waals surface area (Å²) in [6.45, 7) is 0.325. The number of benzene rings is 2. The molecule has 2 aromatic rings. The van der Waals surface area contributed by atoms with Gasteiger partial charge in [-0.05, 0) is 30.7 Å². The summed E-state index contributed by atoms with van der Waals surface area (Å²) in [7, 11) is 0. The van der Waals surface area contributed by atoms with Crippen LogP contribution in [0.5, 0.6) is 5.75 Å². The second-order valence-electron chi connectivity index (χ2n) is 4.84. The van der Waals surface area contributed by atoms with E-state index in [-0.39, 0.29) is 12.3 Å². The first kappa shape index (κ1) is 18.2. The van der Waals surface area contributed by atoms with Gasteiger partial charge >= 0.3 is 0 Å². The van der Waals surface area contributed by atoms with Crippen molar-refractivity contribution in [2.24, 2.45) is 5.10 Å². The fourth-order valence-electron chi connectivity index (χ4n) is 1.82. The molecular weight excluding hydrogens is 354 g/mol. The van der Waals surface area contributed by atoms with Gasteiger partial charge in [-0.1, -0.05) is 41.4 Å². The highest BCUT2D eigenvalue weighted by Gasteiger charge is 2.04. The van der Waals surface area contributed by atoms with Crippen molar-refractivity contribution in [1.29, 1.82) is 0 Å². The molecule has 0 unspecified atom stereocenters. The monoisotopic (exact) mass is 368 g/mol. The Labute approximate surface area is 149 Å². The van der Waals surface area contributed by atoms with Crippen LogP contribution in [0, 0.1) is 5.82 Å². The molecule has 0 aromatic heterocycles. The standard InChI is InChI=1S/C17H15Cl2FN2O2/c18-13-7-8-16(14(19)10-13)24-9-3-6-17(23)22-21-11-12-4-1-2-5-15(12)20/h1-2,4-5,7-8,10-11H,3,6,9H2,(H,22,23)/b21-11-. The maximum atomic E-state index is 13.3. The minimum absolute atomic E-state index is 0.222. The SMILES string of the molecule is O=C(CCCOc1ccc(Cl)cc1Cl)N/N=C\c1ccccc1F. The van der Waals surface area contributed by atoms with Crippen molar-refractivity contribution in [2.45, 2.75) is 12.8 Å². The Balaban J connectivity index is 1.69. The van der Waals surface area contributed by atoms with Crippen molar-refractivity contribution in [3.63, 3.8) is 0 Å². The Hall–Kier alpha value is -2.11. The largest absolute Gasteiger partial charge is 0.492 e. The topological polar surface area (TPSA) is 50.7 Å². The molecule has 0 heterocycles. The predicted octanol–water partition coefficient (Wildman–Crippen LogP) is 4.44. The van der Waals surface area contributed by atoms with Crippen LogP contribution in [0.1, 0.15) is 18.4 Å². The van der Waals surface area contributed by atoms with Crippen molar-refractivity contribution in [2.75, 3.05) is 6.61 Å². The third kappa shape index (κ3) is 5.83. The van der Waals surface area contributed by atoms with Gasteiger partial charge in [-0.2, -0.15) is 5.10 Å². The number of carbonyl (C=O) groups is 1. The third-order valence-electron chi connectivity index (χ3n) is 3.00. The fraction of sp³-hybridized carbons (Fsp3) is 0.176. The summed E-state index contributed by atoms with van der Waals surface area (Å²) in [5, 5.41) is 4.67. The van der Waals surface area contributed by atoms with Crippen LogP contribution in [0.25, 0.3) is 0 Å². The number of hydrazone groups is 1. The molecule has 0 aliphatic heterocycles. The zero-order valence-corrected chi connectivity index (χ0v) is 14.1. The van der Waals surface area contributed by atoms with Gasteiger partial charge in [-0.25, -0.2) is 9.82 Å². The molecule has 1 amide bonds. The number of halogens is 3. The van der Waals surface area contributed by atoms with E-state index in [4.69, 9.17) is 27.9 Å². The van der Waals surface area contributed by atoms with E-state index in [2.05, 4.69) is 10.5 Å². The molecule has 1 N–H and O–H groups in total. The van der Waals surface area contributed by atoms with E-state index < -0.39 is 5.82 Å². The van der Waals surface area contributed by atoms with Gasteiger partial charge in [0, 0.05) is 17.0 Å². The third-order valence-corrected chi connectivity index (χ3v) is 3.53. The Morgan fingerprint density at radius 1 is 1.25 bits per heavy atom. The molecule has 24 heavy (non-hydrogen) atoms. The Morgan fingerprint density at radius 3 is 2.79 bits per heavy atom. The number of amides is 1. The summed E-state index contributed by atoms with van der Waals surface area (Å²) in [6.07, 6.45) is 1.97. The van der Waals surface area contributed by atoms with E-state index >= 15 is 0 Å². The van der Waals surface area contributed by atoms with Gasteiger partial charge in [-0.3, -0.25) is 4.79 Å². The van der Waals surface area contributed by atoms with Crippen molar-refractivity contribution >= 4 is 35.3 Å². The van der Waals surface area contributed by atoms with E-state index in [1.807, 2.05) is 0 Å². The van der Waals surface area contributed by atoms with Gasteiger partial charge < -0.3 is 4.74 Å². The highest BCUT2D eigenvalue weighted by atomic mass is 35.5. The molecule has 126 valence electrons. The minimum atomic E-state index is -0.399. The molecule has 0 aliphatic rings. The number of nitrogens with zero attached hydrogens (tertiary/aromatic N) is 1. The quantitative estimate of drug-likeness (QED) is 0.446. The summed E-state index contributed by atoms with van der Waals surface area (Å²) in [4.78, 5) is 11.6. The highest BCUT2D eigenvalue weighted by molar-refractivity contribution is 6.35. The number of nitrogens with one attached hydrogen (secondary N) is 1. The van der Waals surface area contributed by atoms with E-state index in [1.165, 1.54) is 12.3 Å². The molecule has 0 radical (unpaired) electrons. The van der Waals surface area contributed by atoms with Crippen LogP contribution in [-0.4, -0.2) is 18.7 Å². The van der Waals surface area contributed by atoms with E-state index in [0.29, 0.717) is 34.4 Å². The van der Waals surface area contributed by atoms with Crippen LogP contribution >= 0.6 is 23.2 Å². The Morgan fingerprint density at radius 2 is 2.04 bits per heavy atom. The zero-order valence-electron chi connectivity index (χ0n) is 12.6. The van der Waals surface area contributed by atoms with Crippen molar-refractivity contribution < 1.29 is 13.9 Å². The lowest BCUT2D eigenvalue weighted by Crippen LogP contribution is -2.18. The first-order valence-corrected chi connectivity index (χ1v) is 7.96. The first-order chi connectivity index (χ1) is 11.6. The molecule has 2 aromatic carbocycles. The summed E-state index contributed by atoms with van der Waals surface area (Å²) < 4.78 is 18.8. The predicted molar refractivity (Wildman–Crippen MR) is 93.3 cm³/mol. The van der Waals surface area contributed by atoms with Crippen LogP contribution in [0.4, 0.5) is 4.39 Å². The second kappa shape index (κ2) is 9.25. The minimum Gasteiger partial charge on any atom is -0.492 e. The van der Waals surface area contributed by atoms with Crippen molar-refractivity contribution in [3.05, 3.63) is 63.9 Å². The maximum absolute atomic E-state index is 13.3. The number of hydrogen-bond acceptors (Lipinski definition) is 3. The van der Waals surface area contributed by atoms with E-state index in [1.54, 1.807) is 36.4 Å². The Kier molecular flexibility index (Phi) is 7.03. The van der Waals surface area contributed by atoms with Crippen LogP contribution in [0.2, 0.25) is 10.0 Å². The lowest BCUT2D eigenvalue weighted by Gasteiger charge is -2.07. The molecule has 0 bridgehead atoms. The van der Waals surface area contributed by atoms with E-state index in [9.17, 15) is 9.18 Å². The van der Waals surface area contributed by atoms with Crippen LogP contribution < -0.4 is 10.2 Å². The smallest absolute Gasteiger partial charge is 0.240 e. The van der Waals surface area contributed by atoms with Gasteiger partial charge in [0.1, 0.15) is 11.6 Å². The molecule has 0 aliphatic carbocycles. The van der Waals surface area contributed by atoms with E-state index in [0.717, 1.165) is 0 Å². The second-order valence-corrected chi connectivity index (χ2v) is 5.69. The average Bonchev–Trinajstić information content (AvgIpc) is 2.55. The van der Waals surface area contributed by atoms with Gasteiger partial charge in [0.05, 0.1) is 17.8 Å². The first-order valence-electron chi connectivity index (χ1n) is 7.20. The van der Waals surface area contributed by atoms with Gasteiger partial charge in [0.15, 0.2) is 0 Å². The fourth-order valence-corrected chi connectivity index (χ4v) is 2.28. The zero-order chi connectivity index (χ0) is 17.4. The number of carbonyl (C=O) groups excluding carboxylic acids is 1. The molecule has 0 fully saturated rings. The number of rotatable bonds is 7. The van der Waals surface area contributed by atoms with Gasteiger partial charge in [0.2, 0.25) is 5.91 Å². The molecule has 7 heteroatoms.